The number of ether oxygens (including phenoxy) is 9. The number of hydrogen-bond donors (Lipinski definition) is 5. The summed E-state index contributed by atoms with van der Waals surface area (Å²) < 4.78 is 49.2. The van der Waals surface area contributed by atoms with Gasteiger partial charge in [0.15, 0.2) is 0 Å². The van der Waals surface area contributed by atoms with Crippen LogP contribution < -0.4 is 29.6 Å². The Balaban J connectivity index is 0.000000291. The first kappa shape index (κ1) is 61.0. The molecule has 0 aliphatic carbocycles. The highest BCUT2D eigenvalue weighted by Gasteiger charge is 2.44. The summed E-state index contributed by atoms with van der Waals surface area (Å²) in [5.74, 6) is 0.0945. The highest BCUT2D eigenvalue weighted by atomic mass is 16.6. The third-order valence-corrected chi connectivity index (χ3v) is 11.2. The fourth-order valence-corrected chi connectivity index (χ4v) is 7.76. The second-order valence-corrected chi connectivity index (χ2v) is 19.9. The molecule has 22 heteroatoms. The molecule has 0 spiro atoms. The number of carboxylic acids is 1. The summed E-state index contributed by atoms with van der Waals surface area (Å²) in [5, 5.41) is 30.9. The first-order valence-electron chi connectivity index (χ1n) is 25.5. The van der Waals surface area contributed by atoms with E-state index >= 15 is 0 Å². The van der Waals surface area contributed by atoms with Crippen molar-refractivity contribution in [2.24, 2.45) is 0 Å². The zero-order valence-electron chi connectivity index (χ0n) is 45.7. The van der Waals surface area contributed by atoms with Gasteiger partial charge >= 0.3 is 36.3 Å². The average Bonchev–Trinajstić information content (AvgIpc) is 4.06. The van der Waals surface area contributed by atoms with Crippen LogP contribution in [0, 0.1) is 10.8 Å². The van der Waals surface area contributed by atoms with E-state index in [1.165, 1.54) is 11.0 Å². The zero-order chi connectivity index (χ0) is 57.9. The predicted octanol–water partition coefficient (Wildman–Crippen LogP) is 9.00. The van der Waals surface area contributed by atoms with Crippen LogP contribution in [0.1, 0.15) is 90.5 Å². The third kappa shape index (κ3) is 19.9. The molecule has 0 unspecified atom stereocenters. The molecule has 6 rings (SSSR count). The summed E-state index contributed by atoms with van der Waals surface area (Å²) >= 11 is 0. The van der Waals surface area contributed by atoms with E-state index in [0.29, 0.717) is 35.8 Å². The monoisotopic (exact) mass is 1090 g/mol. The van der Waals surface area contributed by atoms with Gasteiger partial charge in [-0.05, 0) is 115 Å². The molecule has 0 aromatic heterocycles. The van der Waals surface area contributed by atoms with Crippen LogP contribution >= 0.6 is 0 Å². The molecule has 4 atom stereocenters. The van der Waals surface area contributed by atoms with E-state index in [2.05, 4.69) is 17.2 Å². The molecule has 0 bridgehead atoms. The van der Waals surface area contributed by atoms with Crippen LogP contribution in [0.3, 0.4) is 0 Å². The van der Waals surface area contributed by atoms with Crippen molar-refractivity contribution in [2.45, 2.75) is 117 Å². The van der Waals surface area contributed by atoms with Gasteiger partial charge in [0, 0.05) is 24.0 Å². The molecule has 2 fully saturated rings. The molecule has 424 valence electrons. The third-order valence-electron chi connectivity index (χ3n) is 11.2. The van der Waals surface area contributed by atoms with Gasteiger partial charge in [0.1, 0.15) is 90.0 Å². The fraction of sp³-hybridized carbons (Fsp3) is 0.404. The van der Waals surface area contributed by atoms with Crippen molar-refractivity contribution in [1.29, 1.82) is 10.8 Å². The molecule has 79 heavy (non-hydrogen) atoms. The number of benzene rings is 4. The number of rotatable bonds is 18. The second kappa shape index (κ2) is 28.5. The molecule has 22 nitrogen and oxygen atoms in total. The lowest BCUT2D eigenvalue weighted by Gasteiger charge is -2.27. The van der Waals surface area contributed by atoms with E-state index in [9.17, 15) is 33.9 Å². The first-order valence-corrected chi connectivity index (χ1v) is 25.5. The van der Waals surface area contributed by atoms with Gasteiger partial charge in [-0.25, -0.2) is 28.8 Å². The lowest BCUT2D eigenvalue weighted by atomic mass is 10.1. The molecule has 2 heterocycles. The van der Waals surface area contributed by atoms with E-state index < -0.39 is 71.8 Å². The summed E-state index contributed by atoms with van der Waals surface area (Å²) in [7, 11) is 0. The van der Waals surface area contributed by atoms with Crippen molar-refractivity contribution in [1.82, 2.24) is 20.4 Å². The molecule has 4 amide bonds. The molecule has 2 saturated heterocycles. The average molecular weight is 1100 g/mol. The molecule has 0 saturated carbocycles. The van der Waals surface area contributed by atoms with Gasteiger partial charge in [-0.1, -0.05) is 61.2 Å². The first-order chi connectivity index (χ1) is 37.4. The summed E-state index contributed by atoms with van der Waals surface area (Å²) in [4.78, 5) is 76.6. The number of alkyl carbamates (subject to hydrolysis) is 2. The van der Waals surface area contributed by atoms with Crippen LogP contribution in [0.25, 0.3) is 0 Å². The molecular weight excluding hydrogens is 1020 g/mol. The molecule has 2 aliphatic heterocycles. The predicted molar refractivity (Wildman–Crippen MR) is 289 cm³/mol. The minimum Gasteiger partial charge on any atom is -0.494 e. The van der Waals surface area contributed by atoms with E-state index in [1.54, 1.807) is 139 Å². The van der Waals surface area contributed by atoms with Crippen molar-refractivity contribution < 1.29 is 76.5 Å². The van der Waals surface area contributed by atoms with E-state index in [-0.39, 0.29) is 57.4 Å². The second-order valence-electron chi connectivity index (χ2n) is 19.9. The SMILES string of the molecule is C=CCOC(=O)[C@H]1C[C@H](Oc2cccc(C(=N)NC(=O)OCc3ccc(OCC)cc3)c2)CN1C(=O)OC(C)(C)C.CCOc1ccc(COC(=O)NC(=N)c2cccc(O[C@H]3C[C@H](C(=O)O)N(C(=O)OC(C)(C)C)C3)c2)cc1. The van der Waals surface area contributed by atoms with Gasteiger partial charge in [0.2, 0.25) is 0 Å². The topological polar surface area (TPSA) is 284 Å². The minimum atomic E-state index is -1.15. The van der Waals surface area contributed by atoms with Crippen molar-refractivity contribution in [3.8, 4) is 23.0 Å². The van der Waals surface area contributed by atoms with E-state index in [1.807, 2.05) is 13.8 Å². The Kier molecular flexibility index (Phi) is 22.0. The number of amidine groups is 2. The molecular formula is C57H70N6O16. The Labute approximate surface area is 459 Å². The Hall–Kier alpha value is -8.82. The molecule has 4 aromatic carbocycles. The summed E-state index contributed by atoms with van der Waals surface area (Å²) in [6, 6.07) is 25.3. The number of carbonyl (C=O) groups is 6. The fourth-order valence-electron chi connectivity index (χ4n) is 7.76. The summed E-state index contributed by atoms with van der Waals surface area (Å²) in [6.07, 6.45) is -2.36. The highest BCUT2D eigenvalue weighted by Crippen LogP contribution is 2.29. The van der Waals surface area contributed by atoms with Crippen LogP contribution in [0.5, 0.6) is 23.0 Å². The van der Waals surface area contributed by atoms with Gasteiger partial charge in [-0.2, -0.15) is 0 Å². The Morgan fingerprint density at radius 2 is 1.01 bits per heavy atom. The van der Waals surface area contributed by atoms with Gasteiger partial charge in [0.05, 0.1) is 26.3 Å². The Morgan fingerprint density at radius 3 is 1.39 bits per heavy atom. The van der Waals surface area contributed by atoms with Crippen molar-refractivity contribution in [3.05, 3.63) is 132 Å². The van der Waals surface area contributed by atoms with Gasteiger partial charge in [-0.3, -0.25) is 31.3 Å². The number of amides is 4. The molecule has 5 N–H and O–H groups in total. The van der Waals surface area contributed by atoms with Gasteiger partial charge in [0.25, 0.3) is 0 Å². The maximum Gasteiger partial charge on any atom is 0.413 e. The van der Waals surface area contributed by atoms with E-state index in [4.69, 9.17) is 53.5 Å². The summed E-state index contributed by atoms with van der Waals surface area (Å²) in [6.45, 7) is 19.0. The Bertz CT molecular complexity index is 2770. The molecule has 2 aliphatic rings. The van der Waals surface area contributed by atoms with Crippen LogP contribution in [-0.2, 0) is 46.5 Å². The zero-order valence-corrected chi connectivity index (χ0v) is 45.7. The normalized spacial score (nSPS) is 16.6. The van der Waals surface area contributed by atoms with Crippen LogP contribution in [-0.4, -0.2) is 131 Å². The smallest absolute Gasteiger partial charge is 0.413 e. The molecule has 4 aromatic rings. The number of aliphatic carboxylic acids is 1. The number of nitrogens with one attached hydrogen (secondary N) is 4. The van der Waals surface area contributed by atoms with Crippen molar-refractivity contribution >= 4 is 48.0 Å². The lowest BCUT2D eigenvalue weighted by Crippen LogP contribution is -2.44. The number of esters is 1. The summed E-state index contributed by atoms with van der Waals surface area (Å²) in [5.41, 5.74) is 0.761. The number of nitrogens with zero attached hydrogens (tertiary/aromatic N) is 2. The number of likely N-dealkylation sites (tertiary alicyclic amines) is 2. The quantitative estimate of drug-likeness (QED) is 0.0204. The number of hydrogen-bond acceptors (Lipinski definition) is 17. The van der Waals surface area contributed by atoms with E-state index in [0.717, 1.165) is 27.5 Å². The van der Waals surface area contributed by atoms with Crippen LogP contribution in [0.15, 0.2) is 110 Å². The Morgan fingerprint density at radius 1 is 0.608 bits per heavy atom. The highest BCUT2D eigenvalue weighted by molar-refractivity contribution is 6.05. The van der Waals surface area contributed by atoms with Gasteiger partial charge < -0.3 is 47.7 Å². The van der Waals surface area contributed by atoms with Crippen LogP contribution in [0.2, 0.25) is 0 Å². The maximum atomic E-state index is 12.8. The number of carboxylic acid groups (broad SMARTS) is 1. The van der Waals surface area contributed by atoms with Crippen molar-refractivity contribution in [3.63, 3.8) is 0 Å². The van der Waals surface area contributed by atoms with Crippen LogP contribution in [0.4, 0.5) is 19.2 Å². The molecule has 0 radical (unpaired) electrons. The standard InChI is InChI=1S/C30H37N3O8.C27H33N3O8/c1-6-15-38-27(34)25-17-24(18-33(25)29(36)41-30(3,4)5)40-23-10-8-9-21(16-23)26(31)32-28(35)39-19-20-11-13-22(14-12-20)37-7-2;1-5-35-19-11-9-17(10-12-19)16-36-25(33)29-23(28)18-7-6-8-20(13-18)37-21-14-22(24(31)32)30(15-21)26(34)38-27(2,3)4/h6,8-14,16,24-25H,1,7,15,17-19H2,2-5H3,(H2,31,32,35);6-13,21-22H,5,14-16H2,1-4H3,(H,31,32)(H2,28,29,33)/t24-,25+;21-,22+/m00/s1. The lowest BCUT2D eigenvalue weighted by molar-refractivity contribution is -0.147. The largest absolute Gasteiger partial charge is 0.494 e. The number of carbonyl (C=O) groups excluding carboxylic acids is 5. The maximum absolute atomic E-state index is 12.8. The van der Waals surface area contributed by atoms with Gasteiger partial charge in [-0.15, -0.1) is 0 Å². The minimum absolute atomic E-state index is 0.0167. The van der Waals surface area contributed by atoms with Crippen molar-refractivity contribution in [2.75, 3.05) is 32.9 Å².